The highest BCUT2D eigenvalue weighted by molar-refractivity contribution is 7.09. The van der Waals surface area contributed by atoms with Crippen molar-refractivity contribution in [2.75, 3.05) is 12.4 Å². The summed E-state index contributed by atoms with van der Waals surface area (Å²) in [5, 5.41) is 3.17. The summed E-state index contributed by atoms with van der Waals surface area (Å²) in [6.45, 7) is 6.21. The van der Waals surface area contributed by atoms with Gasteiger partial charge in [0.25, 0.3) is 0 Å². The Morgan fingerprint density at radius 2 is 2.38 bits per heavy atom. The maximum atomic E-state index is 5.72. The molecule has 13 heavy (non-hydrogen) atoms. The van der Waals surface area contributed by atoms with E-state index in [0.29, 0.717) is 11.9 Å². The molecule has 0 aliphatic carbocycles. The first kappa shape index (κ1) is 11.0. The molecule has 1 aromatic rings. The van der Waals surface area contributed by atoms with Crippen molar-refractivity contribution in [1.29, 1.82) is 0 Å². The van der Waals surface area contributed by atoms with Crippen molar-refractivity contribution in [3.63, 3.8) is 0 Å². The van der Waals surface area contributed by atoms with Gasteiger partial charge in [-0.25, -0.2) is 4.98 Å². The highest BCUT2D eigenvalue weighted by Crippen LogP contribution is 2.10. The van der Waals surface area contributed by atoms with E-state index < -0.39 is 0 Å². The Labute approximate surface area is 88.5 Å². The lowest BCUT2D eigenvalue weighted by Crippen LogP contribution is -2.31. The van der Waals surface area contributed by atoms with Crippen LogP contribution in [0.25, 0.3) is 0 Å². The molecule has 0 bridgehead atoms. The minimum Gasteiger partial charge on any atom is -0.293 e. The Bertz CT molecular complexity index is 224. The quantitative estimate of drug-likeness (QED) is 0.707. The molecule has 0 radical (unpaired) electrons. The first-order chi connectivity index (χ1) is 6.24. The fraction of sp³-hybridized carbons (Fsp3) is 0.667. The average Bonchev–Trinajstić information content (AvgIpc) is 2.56. The monoisotopic (exact) mass is 218 g/mol. The summed E-state index contributed by atoms with van der Waals surface area (Å²) in [7, 11) is 0. The van der Waals surface area contributed by atoms with Crippen molar-refractivity contribution in [1.82, 2.24) is 9.88 Å². The maximum absolute atomic E-state index is 5.72. The van der Waals surface area contributed by atoms with Gasteiger partial charge in [0.2, 0.25) is 0 Å². The van der Waals surface area contributed by atoms with Crippen LogP contribution in [-0.4, -0.2) is 28.4 Å². The van der Waals surface area contributed by atoms with Crippen molar-refractivity contribution in [3.8, 4) is 0 Å². The third kappa shape index (κ3) is 3.63. The van der Waals surface area contributed by atoms with Gasteiger partial charge >= 0.3 is 0 Å². The topological polar surface area (TPSA) is 16.1 Å². The molecule has 1 heterocycles. The fourth-order valence-electron chi connectivity index (χ4n) is 1.13. The van der Waals surface area contributed by atoms with Gasteiger partial charge in [0.05, 0.1) is 6.54 Å². The standard InChI is InChI=1S/C9H15ClN2S/c1-8(2)12(5-3-10)7-9-11-4-6-13-9/h4,6,8H,3,5,7H2,1-2H3. The number of hydrogen-bond acceptors (Lipinski definition) is 3. The highest BCUT2D eigenvalue weighted by Gasteiger charge is 2.10. The Hall–Kier alpha value is -0.120. The van der Waals surface area contributed by atoms with E-state index in [1.165, 1.54) is 5.01 Å². The molecule has 0 spiro atoms. The van der Waals surface area contributed by atoms with Crippen molar-refractivity contribution < 1.29 is 0 Å². The zero-order chi connectivity index (χ0) is 9.68. The van der Waals surface area contributed by atoms with Crippen molar-refractivity contribution >= 4 is 22.9 Å². The molecule has 0 saturated carbocycles. The smallest absolute Gasteiger partial charge is 0.107 e. The van der Waals surface area contributed by atoms with Gasteiger partial charge in [0, 0.05) is 30.0 Å². The van der Waals surface area contributed by atoms with Gasteiger partial charge in [-0.1, -0.05) is 0 Å². The van der Waals surface area contributed by atoms with Crippen LogP contribution in [0.4, 0.5) is 0 Å². The fourth-order valence-corrected chi connectivity index (χ4v) is 1.99. The van der Waals surface area contributed by atoms with E-state index >= 15 is 0 Å². The molecule has 4 heteroatoms. The zero-order valence-corrected chi connectivity index (χ0v) is 9.61. The van der Waals surface area contributed by atoms with E-state index in [-0.39, 0.29) is 0 Å². The van der Waals surface area contributed by atoms with Crippen LogP contribution in [0.15, 0.2) is 11.6 Å². The molecule has 0 aromatic carbocycles. The molecule has 0 unspecified atom stereocenters. The van der Waals surface area contributed by atoms with Crippen LogP contribution in [-0.2, 0) is 6.54 Å². The number of halogens is 1. The first-order valence-electron chi connectivity index (χ1n) is 4.42. The van der Waals surface area contributed by atoms with Crippen LogP contribution in [0.3, 0.4) is 0 Å². The van der Waals surface area contributed by atoms with Gasteiger partial charge in [0.1, 0.15) is 5.01 Å². The molecule has 0 aliphatic heterocycles. The van der Waals surface area contributed by atoms with Gasteiger partial charge in [-0.3, -0.25) is 4.90 Å². The second-order valence-corrected chi connectivity index (χ2v) is 4.54. The summed E-state index contributed by atoms with van der Waals surface area (Å²) in [5.74, 6) is 0.684. The third-order valence-electron chi connectivity index (χ3n) is 1.92. The number of thiazole rings is 1. The number of nitrogens with zero attached hydrogens (tertiary/aromatic N) is 2. The molecule has 0 atom stereocenters. The molecule has 0 N–H and O–H groups in total. The van der Waals surface area contributed by atoms with E-state index in [0.717, 1.165) is 13.1 Å². The van der Waals surface area contributed by atoms with E-state index in [9.17, 15) is 0 Å². The number of alkyl halides is 1. The third-order valence-corrected chi connectivity index (χ3v) is 2.86. The van der Waals surface area contributed by atoms with Crippen LogP contribution in [0, 0.1) is 0 Å². The minimum absolute atomic E-state index is 0.530. The van der Waals surface area contributed by atoms with Crippen LogP contribution >= 0.6 is 22.9 Å². The molecule has 1 rings (SSSR count). The SMILES string of the molecule is CC(C)N(CCCl)Cc1nccs1. The Morgan fingerprint density at radius 3 is 2.85 bits per heavy atom. The Morgan fingerprint density at radius 1 is 1.62 bits per heavy atom. The van der Waals surface area contributed by atoms with Gasteiger partial charge in [-0.15, -0.1) is 22.9 Å². The van der Waals surface area contributed by atoms with Crippen LogP contribution < -0.4 is 0 Å². The van der Waals surface area contributed by atoms with Gasteiger partial charge in [-0.05, 0) is 13.8 Å². The normalized spacial score (nSPS) is 11.5. The van der Waals surface area contributed by atoms with E-state index in [1.54, 1.807) is 11.3 Å². The second-order valence-electron chi connectivity index (χ2n) is 3.18. The second kappa shape index (κ2) is 5.58. The van der Waals surface area contributed by atoms with E-state index in [1.807, 2.05) is 11.6 Å². The lowest BCUT2D eigenvalue weighted by molar-refractivity contribution is 0.226. The summed E-state index contributed by atoms with van der Waals surface area (Å²) in [6.07, 6.45) is 1.85. The molecular weight excluding hydrogens is 204 g/mol. The molecule has 0 saturated heterocycles. The van der Waals surface area contributed by atoms with E-state index in [4.69, 9.17) is 11.6 Å². The van der Waals surface area contributed by atoms with Crippen molar-refractivity contribution in [3.05, 3.63) is 16.6 Å². The average molecular weight is 219 g/mol. The summed E-state index contributed by atoms with van der Waals surface area (Å²) in [4.78, 5) is 6.58. The summed E-state index contributed by atoms with van der Waals surface area (Å²) < 4.78 is 0. The summed E-state index contributed by atoms with van der Waals surface area (Å²) in [6, 6.07) is 0.530. The van der Waals surface area contributed by atoms with Crippen LogP contribution in [0.5, 0.6) is 0 Å². The van der Waals surface area contributed by atoms with Gasteiger partial charge in [-0.2, -0.15) is 0 Å². The molecule has 1 aromatic heterocycles. The predicted molar refractivity (Wildman–Crippen MR) is 58.4 cm³/mol. The minimum atomic E-state index is 0.530. The van der Waals surface area contributed by atoms with Gasteiger partial charge < -0.3 is 0 Å². The maximum Gasteiger partial charge on any atom is 0.107 e. The zero-order valence-electron chi connectivity index (χ0n) is 8.03. The highest BCUT2D eigenvalue weighted by atomic mass is 35.5. The number of aromatic nitrogens is 1. The largest absolute Gasteiger partial charge is 0.293 e. The first-order valence-corrected chi connectivity index (χ1v) is 5.84. The predicted octanol–water partition coefficient (Wildman–Crippen LogP) is 2.59. The number of hydrogen-bond donors (Lipinski definition) is 0. The molecular formula is C9H15ClN2S. The Kier molecular flexibility index (Phi) is 4.70. The lowest BCUT2D eigenvalue weighted by atomic mass is 10.3. The number of rotatable bonds is 5. The van der Waals surface area contributed by atoms with Crippen LogP contribution in [0.2, 0.25) is 0 Å². The molecule has 0 fully saturated rings. The molecule has 0 aliphatic rings. The Balaban J connectivity index is 2.47. The van der Waals surface area contributed by atoms with Crippen molar-refractivity contribution in [2.24, 2.45) is 0 Å². The van der Waals surface area contributed by atoms with Crippen molar-refractivity contribution in [2.45, 2.75) is 26.4 Å². The lowest BCUT2D eigenvalue weighted by Gasteiger charge is -2.24. The molecule has 2 nitrogen and oxygen atoms in total. The van der Waals surface area contributed by atoms with Gasteiger partial charge in [0.15, 0.2) is 0 Å². The van der Waals surface area contributed by atoms with Crippen LogP contribution in [0.1, 0.15) is 18.9 Å². The summed E-state index contributed by atoms with van der Waals surface area (Å²) >= 11 is 7.42. The van der Waals surface area contributed by atoms with E-state index in [2.05, 4.69) is 23.7 Å². The molecule has 0 amide bonds. The summed E-state index contributed by atoms with van der Waals surface area (Å²) in [5.41, 5.74) is 0. The molecule has 74 valence electrons.